The zero-order valence-corrected chi connectivity index (χ0v) is 35.6. The molecule has 0 bridgehead atoms. The smallest absolute Gasteiger partial charge is 0.327 e. The van der Waals surface area contributed by atoms with Crippen LogP contribution in [-0.4, -0.2) is 22.4 Å². The molecule has 0 fully saturated rings. The Morgan fingerprint density at radius 2 is 0.872 bits per heavy atom. The SMILES string of the molecule is CC=[N+](c1ccccn1)c1c(C)cc(-c2ccc(C)c(-c3cc(C)c([N+](=CC)c4ccccn4)c(C)c3)c2)cc1C.[Br-].[Br-].[Br-].[Br-].[Ni].[Ni]. The van der Waals surface area contributed by atoms with Crippen molar-refractivity contribution in [2.24, 2.45) is 0 Å². The molecule has 0 amide bonds. The van der Waals surface area contributed by atoms with Gasteiger partial charge in [-0.2, -0.15) is 0 Å². The number of nitrogens with zero attached hydrogens (tertiary/aromatic N) is 4. The predicted octanol–water partition coefficient (Wildman–Crippen LogP) is -2.79. The third-order valence-electron chi connectivity index (χ3n) is 7.65. The molecule has 0 radical (unpaired) electrons. The van der Waals surface area contributed by atoms with Crippen molar-refractivity contribution in [1.82, 2.24) is 19.1 Å². The largest absolute Gasteiger partial charge is 1.00 e. The van der Waals surface area contributed by atoms with Crippen molar-refractivity contribution in [3.8, 4) is 22.3 Å². The molecule has 256 valence electrons. The molecule has 0 saturated carbocycles. The van der Waals surface area contributed by atoms with Crippen molar-refractivity contribution >= 4 is 35.4 Å². The van der Waals surface area contributed by atoms with Crippen LogP contribution < -0.4 is 77.1 Å². The molecule has 0 aliphatic rings. The summed E-state index contributed by atoms with van der Waals surface area (Å²) in [4.78, 5) is 9.17. The van der Waals surface area contributed by atoms with Gasteiger partial charge >= 0.3 is 11.6 Å². The van der Waals surface area contributed by atoms with Crippen LogP contribution >= 0.6 is 0 Å². The Kier molecular flexibility index (Phi) is 21.5. The Morgan fingerprint density at radius 1 is 0.468 bits per heavy atom. The van der Waals surface area contributed by atoms with Gasteiger partial charge in [-0.3, -0.25) is 0 Å². The van der Waals surface area contributed by atoms with Crippen LogP contribution in [0.15, 0.2) is 91.3 Å². The number of hydrogen-bond acceptors (Lipinski definition) is 2. The zero-order chi connectivity index (χ0) is 29.1. The Labute approximate surface area is 342 Å². The van der Waals surface area contributed by atoms with E-state index in [1.54, 1.807) is 0 Å². The molecular weight excluding hydrogens is 937 g/mol. The van der Waals surface area contributed by atoms with Crippen molar-refractivity contribution in [2.75, 3.05) is 0 Å². The molecule has 2 heterocycles. The number of aromatic nitrogens is 2. The van der Waals surface area contributed by atoms with Gasteiger partial charge in [0.1, 0.15) is 23.8 Å². The molecule has 0 atom stereocenters. The summed E-state index contributed by atoms with van der Waals surface area (Å²) in [7, 11) is 0. The number of aryl methyl sites for hydroxylation is 5. The van der Waals surface area contributed by atoms with Crippen molar-refractivity contribution in [3.63, 3.8) is 0 Å². The molecule has 0 aliphatic carbocycles. The molecule has 5 aromatic rings. The van der Waals surface area contributed by atoms with E-state index < -0.39 is 0 Å². The van der Waals surface area contributed by atoms with Crippen LogP contribution in [0.3, 0.4) is 0 Å². The van der Waals surface area contributed by atoms with Crippen LogP contribution in [0.1, 0.15) is 41.7 Å². The van der Waals surface area contributed by atoms with Crippen LogP contribution in [0.2, 0.25) is 0 Å². The molecule has 0 unspecified atom stereocenters. The minimum Gasteiger partial charge on any atom is -1.00 e. The third-order valence-corrected chi connectivity index (χ3v) is 7.65. The van der Waals surface area contributed by atoms with Crippen molar-refractivity contribution in [1.29, 1.82) is 0 Å². The van der Waals surface area contributed by atoms with E-state index in [1.165, 1.54) is 61.4 Å². The molecule has 2 aromatic heterocycles. The number of rotatable bonds is 6. The molecular formula is C37H38Br4N4Ni2-2. The molecule has 3 aromatic carbocycles. The quantitative estimate of drug-likeness (QED) is 0.105. The average molecular weight is 976 g/mol. The van der Waals surface area contributed by atoms with E-state index in [1.807, 2.05) is 48.8 Å². The van der Waals surface area contributed by atoms with Gasteiger partial charge in [0.2, 0.25) is 0 Å². The predicted molar refractivity (Wildman–Crippen MR) is 176 cm³/mol. The van der Waals surface area contributed by atoms with Gasteiger partial charge in [-0.1, -0.05) is 24.3 Å². The summed E-state index contributed by atoms with van der Waals surface area (Å²) in [5.41, 5.74) is 13.4. The summed E-state index contributed by atoms with van der Waals surface area (Å²) in [6.45, 7) is 15.0. The summed E-state index contributed by atoms with van der Waals surface area (Å²) in [5, 5.41) is 0. The van der Waals surface area contributed by atoms with E-state index in [0.717, 1.165) is 11.6 Å². The standard InChI is InChI=1S/C37H38N4.4BrH.2Ni/c1-8-40(34-14-10-12-18-38-34)36-26(4)20-31(21-27(36)5)30-17-16-25(3)33(24-30)32-22-28(6)37(29(7)23-32)41(9-2)35-15-11-13-19-39-35;;;;;;/h8-24H,1-7H3;4*1H;;/q+2;;;;;;/p-4. The van der Waals surface area contributed by atoms with Crippen LogP contribution in [-0.2, 0) is 33.0 Å². The topological polar surface area (TPSA) is 31.8 Å². The molecule has 0 saturated heterocycles. The zero-order valence-electron chi connectivity index (χ0n) is 27.2. The first-order chi connectivity index (χ1) is 19.8. The maximum absolute atomic E-state index is 4.59. The summed E-state index contributed by atoms with van der Waals surface area (Å²) in [6.07, 6.45) is 7.85. The van der Waals surface area contributed by atoms with Crippen LogP contribution in [0.5, 0.6) is 0 Å². The van der Waals surface area contributed by atoms with Crippen molar-refractivity contribution in [3.05, 3.63) is 119 Å². The third kappa shape index (κ3) is 10.4. The Hall–Kier alpha value is -1.79. The second-order valence-electron chi connectivity index (χ2n) is 10.6. The van der Waals surface area contributed by atoms with Gasteiger partial charge in [0, 0.05) is 45.1 Å². The summed E-state index contributed by atoms with van der Waals surface area (Å²) in [6, 6.07) is 28.0. The van der Waals surface area contributed by atoms with Crippen molar-refractivity contribution < 1.29 is 101 Å². The van der Waals surface area contributed by atoms with E-state index in [9.17, 15) is 0 Å². The van der Waals surface area contributed by atoms with Crippen molar-refractivity contribution in [2.45, 2.75) is 48.5 Å². The number of halogens is 4. The van der Waals surface area contributed by atoms with Crippen LogP contribution in [0.25, 0.3) is 22.3 Å². The van der Waals surface area contributed by atoms with Gasteiger partial charge in [0.15, 0.2) is 0 Å². The molecule has 5 rings (SSSR count). The van der Waals surface area contributed by atoms with Gasteiger partial charge in [-0.25, -0.2) is 9.15 Å². The van der Waals surface area contributed by atoms with E-state index >= 15 is 0 Å². The first-order valence-electron chi connectivity index (χ1n) is 14.2. The monoisotopic (exact) mass is 970 g/mol. The molecule has 0 N–H and O–H groups in total. The Morgan fingerprint density at radius 3 is 1.23 bits per heavy atom. The average Bonchev–Trinajstić information content (AvgIpc) is 2.97. The number of hydrogen-bond donors (Lipinski definition) is 0. The van der Waals surface area contributed by atoms with Gasteiger partial charge in [-0.05, 0) is 151 Å². The maximum atomic E-state index is 4.59. The van der Waals surface area contributed by atoms with E-state index in [4.69, 9.17) is 0 Å². The minimum atomic E-state index is 0. The summed E-state index contributed by atoms with van der Waals surface area (Å²) >= 11 is 0. The first kappa shape index (κ1) is 47.3. The number of pyridine rings is 2. The molecule has 47 heavy (non-hydrogen) atoms. The van der Waals surface area contributed by atoms with E-state index in [0.29, 0.717) is 0 Å². The van der Waals surface area contributed by atoms with Gasteiger partial charge < -0.3 is 67.9 Å². The summed E-state index contributed by atoms with van der Waals surface area (Å²) < 4.78 is 4.34. The maximum Gasteiger partial charge on any atom is 0.327 e. The molecule has 0 spiro atoms. The van der Waals surface area contributed by atoms with Gasteiger partial charge in [0.25, 0.3) is 0 Å². The minimum absolute atomic E-state index is 0. The Bertz CT molecular complexity index is 1770. The normalized spacial score (nSPS) is 10.5. The van der Waals surface area contributed by atoms with E-state index in [-0.39, 0.29) is 101 Å². The second kappa shape index (κ2) is 21.3. The Balaban J connectivity index is 0. The van der Waals surface area contributed by atoms with Crippen LogP contribution in [0.4, 0.5) is 23.0 Å². The van der Waals surface area contributed by atoms with Gasteiger partial charge in [-0.15, -0.1) is 0 Å². The molecule has 0 aliphatic heterocycles. The molecule has 10 heteroatoms. The fourth-order valence-corrected chi connectivity index (χ4v) is 5.85. The van der Waals surface area contributed by atoms with E-state index in [2.05, 4.69) is 122 Å². The fourth-order valence-electron chi connectivity index (χ4n) is 5.85. The fraction of sp³-hybridized carbons (Fsp3) is 0.189. The van der Waals surface area contributed by atoms with Crippen LogP contribution in [0, 0.1) is 34.6 Å². The second-order valence-corrected chi connectivity index (χ2v) is 10.6. The first-order valence-corrected chi connectivity index (χ1v) is 14.2. The summed E-state index contributed by atoms with van der Waals surface area (Å²) in [5.74, 6) is 1.84. The molecule has 4 nitrogen and oxygen atoms in total. The van der Waals surface area contributed by atoms with Gasteiger partial charge in [0.05, 0.1) is 12.4 Å². The number of benzene rings is 3.